The lowest BCUT2D eigenvalue weighted by molar-refractivity contribution is -0.144. The lowest BCUT2D eigenvalue weighted by atomic mass is 10.0. The smallest absolute Gasteiger partial charge is 0.313 e. The highest BCUT2D eigenvalue weighted by Crippen LogP contribution is 2.17. The summed E-state index contributed by atoms with van der Waals surface area (Å²) in [6, 6.07) is 1.76. The van der Waals surface area contributed by atoms with Crippen molar-refractivity contribution in [2.24, 2.45) is 5.92 Å². The third-order valence-corrected chi connectivity index (χ3v) is 3.78. The number of pyridine rings is 1. The summed E-state index contributed by atoms with van der Waals surface area (Å²) in [7, 11) is 0. The van der Waals surface area contributed by atoms with Gasteiger partial charge in [-0.15, -0.1) is 0 Å². The van der Waals surface area contributed by atoms with Crippen molar-refractivity contribution in [3.8, 4) is 0 Å². The Balaban J connectivity index is 2.02. The topological polar surface area (TPSA) is 88.3 Å². The normalized spacial score (nSPS) is 18.4. The molecule has 1 saturated heterocycles. The second kappa shape index (κ2) is 6.56. The van der Waals surface area contributed by atoms with Crippen LogP contribution < -0.4 is 11.1 Å². The van der Waals surface area contributed by atoms with Gasteiger partial charge >= 0.3 is 11.8 Å². The Morgan fingerprint density at radius 3 is 2.95 bits per heavy atom. The number of carbonyl (C=O) groups is 2. The first-order valence-electron chi connectivity index (χ1n) is 7.36. The minimum atomic E-state index is -0.613. The molecule has 1 aliphatic rings. The molecule has 1 aromatic rings. The fraction of sp³-hybridized carbons (Fsp3) is 0.533. The number of piperidine rings is 1. The molecule has 2 amide bonds. The summed E-state index contributed by atoms with van der Waals surface area (Å²) in [4.78, 5) is 29.8. The van der Waals surface area contributed by atoms with E-state index in [2.05, 4.69) is 17.2 Å². The highest BCUT2D eigenvalue weighted by molar-refractivity contribution is 6.39. The fourth-order valence-corrected chi connectivity index (χ4v) is 2.57. The van der Waals surface area contributed by atoms with Crippen LogP contribution in [0, 0.1) is 5.92 Å². The predicted octanol–water partition coefficient (Wildman–Crippen LogP) is 1.42. The molecular formula is C15H22N4O2. The van der Waals surface area contributed by atoms with Crippen molar-refractivity contribution in [1.29, 1.82) is 0 Å². The van der Waals surface area contributed by atoms with Gasteiger partial charge in [-0.2, -0.15) is 0 Å². The van der Waals surface area contributed by atoms with Gasteiger partial charge in [0.1, 0.15) is 5.82 Å². The largest absolute Gasteiger partial charge is 0.383 e. The van der Waals surface area contributed by atoms with E-state index < -0.39 is 11.8 Å². The van der Waals surface area contributed by atoms with Crippen molar-refractivity contribution in [2.45, 2.75) is 33.1 Å². The third kappa shape index (κ3) is 3.71. The number of aryl methyl sites for hydroxylation is 1. The Kier molecular flexibility index (Phi) is 4.77. The highest BCUT2D eigenvalue weighted by Gasteiger charge is 2.26. The molecule has 2 rings (SSSR count). The molecule has 21 heavy (non-hydrogen) atoms. The zero-order valence-electron chi connectivity index (χ0n) is 12.6. The molecule has 2 heterocycles. The molecule has 1 aromatic heterocycles. The minimum absolute atomic E-state index is 0.445. The average molecular weight is 290 g/mol. The third-order valence-electron chi connectivity index (χ3n) is 3.78. The molecule has 1 fully saturated rings. The first-order valence-corrected chi connectivity index (χ1v) is 7.36. The van der Waals surface area contributed by atoms with Gasteiger partial charge in [-0.25, -0.2) is 4.98 Å². The number of nitrogens with two attached hydrogens (primary N) is 1. The highest BCUT2D eigenvalue weighted by atomic mass is 16.2. The molecule has 0 spiro atoms. The predicted molar refractivity (Wildman–Crippen MR) is 81.6 cm³/mol. The van der Waals surface area contributed by atoms with Crippen LogP contribution in [-0.4, -0.2) is 34.8 Å². The van der Waals surface area contributed by atoms with Crippen molar-refractivity contribution < 1.29 is 9.59 Å². The Morgan fingerprint density at radius 1 is 1.52 bits per heavy atom. The molecule has 1 atom stereocenters. The second-order valence-electron chi connectivity index (χ2n) is 5.57. The Hall–Kier alpha value is -2.11. The lowest BCUT2D eigenvalue weighted by Crippen LogP contribution is -2.44. The minimum Gasteiger partial charge on any atom is -0.383 e. The summed E-state index contributed by atoms with van der Waals surface area (Å²) in [6.07, 6.45) is 4.25. The van der Waals surface area contributed by atoms with Crippen LogP contribution >= 0.6 is 0 Å². The number of anilines is 2. The van der Waals surface area contributed by atoms with E-state index in [9.17, 15) is 9.59 Å². The maximum absolute atomic E-state index is 12.1. The van der Waals surface area contributed by atoms with Crippen LogP contribution in [-0.2, 0) is 16.0 Å². The molecule has 0 saturated carbocycles. The van der Waals surface area contributed by atoms with Gasteiger partial charge in [0.15, 0.2) is 0 Å². The zero-order valence-corrected chi connectivity index (χ0v) is 12.6. The summed E-state index contributed by atoms with van der Waals surface area (Å²) in [5.41, 5.74) is 7.08. The Morgan fingerprint density at radius 2 is 2.29 bits per heavy atom. The number of hydrogen-bond acceptors (Lipinski definition) is 4. The molecule has 0 aliphatic carbocycles. The standard InChI is InChI=1S/C15H22N4O2/c1-3-11-7-12(8-17-13(11)16)18-14(20)15(21)19-6-4-5-10(2)9-19/h7-8,10H,3-6,9H2,1-2H3,(H2,16,17)(H,18,20). The molecule has 6 nitrogen and oxygen atoms in total. The molecule has 0 radical (unpaired) electrons. The van der Waals surface area contributed by atoms with Gasteiger partial charge in [0.2, 0.25) is 0 Å². The SMILES string of the molecule is CCc1cc(NC(=O)C(=O)N2CCCC(C)C2)cnc1N. The van der Waals surface area contributed by atoms with E-state index in [1.807, 2.05) is 6.92 Å². The van der Waals surface area contributed by atoms with Crippen LogP contribution in [0.3, 0.4) is 0 Å². The average Bonchev–Trinajstić information content (AvgIpc) is 2.48. The lowest BCUT2D eigenvalue weighted by Gasteiger charge is -2.30. The molecule has 0 bridgehead atoms. The van der Waals surface area contributed by atoms with Crippen molar-refractivity contribution in [3.63, 3.8) is 0 Å². The van der Waals surface area contributed by atoms with Gasteiger partial charge in [-0.05, 0) is 36.8 Å². The molecule has 3 N–H and O–H groups in total. The van der Waals surface area contributed by atoms with E-state index in [1.165, 1.54) is 6.20 Å². The second-order valence-corrected chi connectivity index (χ2v) is 5.57. The monoisotopic (exact) mass is 290 g/mol. The zero-order chi connectivity index (χ0) is 15.4. The van der Waals surface area contributed by atoms with Crippen LogP contribution in [0.25, 0.3) is 0 Å². The molecule has 6 heteroatoms. The van der Waals surface area contributed by atoms with E-state index in [0.29, 0.717) is 30.5 Å². The number of nitrogens with zero attached hydrogens (tertiary/aromatic N) is 2. The van der Waals surface area contributed by atoms with Crippen molar-refractivity contribution in [3.05, 3.63) is 17.8 Å². The molecule has 114 valence electrons. The quantitative estimate of drug-likeness (QED) is 0.806. The molecule has 0 aromatic carbocycles. The molecule has 1 unspecified atom stereocenters. The van der Waals surface area contributed by atoms with Crippen LogP contribution in [0.5, 0.6) is 0 Å². The first-order chi connectivity index (χ1) is 10.0. The number of carbonyl (C=O) groups excluding carboxylic acids is 2. The van der Waals surface area contributed by atoms with Crippen LogP contribution in [0.1, 0.15) is 32.3 Å². The number of nitrogen functional groups attached to an aromatic ring is 1. The van der Waals surface area contributed by atoms with Gasteiger partial charge in [-0.1, -0.05) is 13.8 Å². The van der Waals surface area contributed by atoms with E-state index in [0.717, 1.165) is 24.8 Å². The Labute approximate surface area is 124 Å². The summed E-state index contributed by atoms with van der Waals surface area (Å²) < 4.78 is 0. The van der Waals surface area contributed by atoms with Gasteiger partial charge in [0, 0.05) is 13.1 Å². The summed E-state index contributed by atoms with van der Waals surface area (Å²) in [5.74, 6) is -0.193. The summed E-state index contributed by atoms with van der Waals surface area (Å²) >= 11 is 0. The van der Waals surface area contributed by atoms with E-state index in [-0.39, 0.29) is 0 Å². The number of nitrogens with one attached hydrogen (secondary N) is 1. The van der Waals surface area contributed by atoms with E-state index in [4.69, 9.17) is 5.73 Å². The van der Waals surface area contributed by atoms with E-state index >= 15 is 0 Å². The maximum Gasteiger partial charge on any atom is 0.313 e. The Bertz CT molecular complexity index is 544. The van der Waals surface area contributed by atoms with Gasteiger partial charge in [-0.3, -0.25) is 9.59 Å². The van der Waals surface area contributed by atoms with Crippen molar-refractivity contribution in [2.75, 3.05) is 24.1 Å². The first kappa shape index (κ1) is 15.3. The van der Waals surface area contributed by atoms with Crippen LogP contribution in [0.4, 0.5) is 11.5 Å². The van der Waals surface area contributed by atoms with Gasteiger partial charge in [0.05, 0.1) is 11.9 Å². The van der Waals surface area contributed by atoms with Gasteiger partial charge in [0.25, 0.3) is 0 Å². The van der Waals surface area contributed by atoms with Crippen LogP contribution in [0.15, 0.2) is 12.3 Å². The van der Waals surface area contributed by atoms with Crippen molar-refractivity contribution in [1.82, 2.24) is 9.88 Å². The summed E-state index contributed by atoms with van der Waals surface area (Å²) in [5, 5.41) is 2.61. The number of hydrogen-bond donors (Lipinski definition) is 2. The fourth-order valence-electron chi connectivity index (χ4n) is 2.57. The molecule has 1 aliphatic heterocycles. The van der Waals surface area contributed by atoms with Crippen molar-refractivity contribution >= 4 is 23.3 Å². The van der Waals surface area contributed by atoms with E-state index in [1.54, 1.807) is 11.0 Å². The van der Waals surface area contributed by atoms with Crippen LogP contribution in [0.2, 0.25) is 0 Å². The number of aromatic nitrogens is 1. The number of amides is 2. The molecular weight excluding hydrogens is 268 g/mol. The number of likely N-dealkylation sites (tertiary alicyclic amines) is 1. The maximum atomic E-state index is 12.1. The number of rotatable bonds is 2. The van der Waals surface area contributed by atoms with Gasteiger partial charge < -0.3 is 16.0 Å². The summed E-state index contributed by atoms with van der Waals surface area (Å²) in [6.45, 7) is 5.34.